The fourth-order valence-electron chi connectivity index (χ4n) is 7.91. The number of esters is 2. The van der Waals surface area contributed by atoms with Crippen LogP contribution < -0.4 is 0 Å². The van der Waals surface area contributed by atoms with Crippen molar-refractivity contribution in [2.45, 2.75) is 96.2 Å². The highest BCUT2D eigenvalue weighted by molar-refractivity contribution is 5.70. The largest absolute Gasteiger partial charge is 0.446 e. The first-order valence-electron chi connectivity index (χ1n) is 12.2. The Morgan fingerprint density at radius 1 is 0.871 bits per heavy atom. The summed E-state index contributed by atoms with van der Waals surface area (Å²) in [5.41, 5.74) is -1.68. The molecule has 4 aliphatic carbocycles. The van der Waals surface area contributed by atoms with Crippen molar-refractivity contribution >= 4 is 11.9 Å². The summed E-state index contributed by atoms with van der Waals surface area (Å²) in [6.07, 6.45) is 20.4. The van der Waals surface area contributed by atoms with Crippen LogP contribution in [0.25, 0.3) is 0 Å². The summed E-state index contributed by atoms with van der Waals surface area (Å²) in [7, 11) is 0. The van der Waals surface area contributed by atoms with Gasteiger partial charge in [0.25, 0.3) is 0 Å². The van der Waals surface area contributed by atoms with E-state index in [1.54, 1.807) is 0 Å². The van der Waals surface area contributed by atoms with Gasteiger partial charge in [0.1, 0.15) is 0 Å². The Labute approximate surface area is 187 Å². The quantitative estimate of drug-likeness (QED) is 0.476. The van der Waals surface area contributed by atoms with E-state index in [9.17, 15) is 9.59 Å². The van der Waals surface area contributed by atoms with Gasteiger partial charge in [-0.2, -0.15) is 0 Å². The molecular weight excluding hydrogens is 388 g/mol. The molecule has 0 spiro atoms. The maximum atomic E-state index is 12.2. The van der Waals surface area contributed by atoms with Crippen molar-refractivity contribution in [1.82, 2.24) is 0 Å². The Morgan fingerprint density at radius 3 is 2.23 bits per heavy atom. The van der Waals surface area contributed by atoms with Crippen LogP contribution >= 0.6 is 0 Å². The lowest BCUT2D eigenvalue weighted by Crippen LogP contribution is -2.53. The Kier molecular flexibility index (Phi) is 5.66. The van der Waals surface area contributed by atoms with E-state index < -0.39 is 11.2 Å². The molecule has 4 aliphatic rings. The maximum Gasteiger partial charge on any atom is 0.307 e. The Bertz CT molecular complexity index is 833. The lowest BCUT2D eigenvalue weighted by Gasteiger charge is -2.54. The van der Waals surface area contributed by atoms with Crippen molar-refractivity contribution in [3.05, 3.63) is 0 Å². The zero-order chi connectivity index (χ0) is 22.4. The van der Waals surface area contributed by atoms with Gasteiger partial charge in [-0.05, 0) is 68.1 Å². The van der Waals surface area contributed by atoms with Crippen molar-refractivity contribution in [1.29, 1.82) is 0 Å². The molecule has 0 heterocycles. The molecular formula is C27H36O4. The van der Waals surface area contributed by atoms with Gasteiger partial charge in [0.2, 0.25) is 0 Å². The fourth-order valence-corrected chi connectivity index (χ4v) is 7.91. The molecule has 0 amide bonds. The van der Waals surface area contributed by atoms with Crippen LogP contribution in [0.1, 0.15) is 85.0 Å². The number of rotatable bonds is 4. The molecule has 8 atom stereocenters. The number of carbonyl (C=O) groups excluding carboxylic acids is 2. The van der Waals surface area contributed by atoms with Crippen molar-refractivity contribution in [3.63, 3.8) is 0 Å². The Hall–Kier alpha value is -1.94. The van der Waals surface area contributed by atoms with Crippen LogP contribution in [0.2, 0.25) is 0 Å². The first-order valence-corrected chi connectivity index (χ1v) is 12.2. The summed E-state index contributed by atoms with van der Waals surface area (Å²) >= 11 is 0. The van der Waals surface area contributed by atoms with Crippen LogP contribution in [0.3, 0.4) is 0 Å². The van der Waals surface area contributed by atoms with E-state index in [1.807, 2.05) is 13.8 Å². The molecule has 4 nitrogen and oxygen atoms in total. The van der Waals surface area contributed by atoms with E-state index in [-0.39, 0.29) is 17.4 Å². The minimum Gasteiger partial charge on any atom is -0.446 e. The number of terminal acetylenes is 2. The number of ether oxygens (including phenoxy) is 2. The lowest BCUT2D eigenvalue weighted by molar-refractivity contribution is -0.171. The molecule has 4 rings (SSSR count). The minimum absolute atomic E-state index is 0.170. The van der Waals surface area contributed by atoms with E-state index in [1.165, 1.54) is 0 Å². The first kappa shape index (κ1) is 22.3. The number of hydrogen-bond donors (Lipinski definition) is 0. The molecule has 0 aliphatic heterocycles. The minimum atomic E-state index is -0.776. The lowest BCUT2D eigenvalue weighted by atomic mass is 9.51. The normalized spacial score (nSPS) is 45.4. The Morgan fingerprint density at radius 2 is 1.58 bits per heavy atom. The molecule has 0 aromatic carbocycles. The zero-order valence-electron chi connectivity index (χ0n) is 19.2. The summed E-state index contributed by atoms with van der Waals surface area (Å²) in [6.45, 7) is 5.90. The van der Waals surface area contributed by atoms with Gasteiger partial charge in [-0.25, -0.2) is 0 Å². The number of carbonyl (C=O) groups is 2. The van der Waals surface area contributed by atoms with E-state index in [2.05, 4.69) is 18.8 Å². The molecule has 0 saturated heterocycles. The average Bonchev–Trinajstić information content (AvgIpc) is 3.29. The fraction of sp³-hybridized carbons (Fsp3) is 0.778. The maximum absolute atomic E-state index is 12.2. The highest BCUT2D eigenvalue weighted by atomic mass is 16.6. The average molecular weight is 425 g/mol. The topological polar surface area (TPSA) is 52.6 Å². The van der Waals surface area contributed by atoms with Crippen LogP contribution in [-0.4, -0.2) is 23.1 Å². The van der Waals surface area contributed by atoms with Gasteiger partial charge in [0.05, 0.1) is 0 Å². The predicted molar refractivity (Wildman–Crippen MR) is 118 cm³/mol. The zero-order valence-corrected chi connectivity index (χ0v) is 19.2. The molecule has 4 saturated carbocycles. The third-order valence-electron chi connectivity index (χ3n) is 9.47. The van der Waals surface area contributed by atoms with E-state index >= 15 is 0 Å². The molecule has 31 heavy (non-hydrogen) atoms. The third kappa shape index (κ3) is 3.29. The van der Waals surface area contributed by atoms with Crippen molar-refractivity contribution in [2.24, 2.45) is 35.0 Å². The van der Waals surface area contributed by atoms with Crippen molar-refractivity contribution < 1.29 is 19.1 Å². The second-order valence-corrected chi connectivity index (χ2v) is 10.6. The van der Waals surface area contributed by atoms with Gasteiger partial charge in [-0.3, -0.25) is 9.59 Å². The van der Waals surface area contributed by atoms with Crippen molar-refractivity contribution in [3.8, 4) is 24.7 Å². The SMILES string of the molecule is C#C[C@]1(OC(=O)CC)C[C@@H]2CC[C@@H]3[C@H](CC[C@@]4(C)[C@H]3CC[C@]4(C#C)OC(=O)CC)[C@H]2C1. The van der Waals surface area contributed by atoms with Gasteiger partial charge in [0.15, 0.2) is 11.2 Å². The van der Waals surface area contributed by atoms with Gasteiger partial charge < -0.3 is 9.47 Å². The summed E-state index contributed by atoms with van der Waals surface area (Å²) in [5.74, 6) is 8.08. The smallest absolute Gasteiger partial charge is 0.307 e. The molecule has 0 aromatic rings. The molecule has 0 N–H and O–H groups in total. The van der Waals surface area contributed by atoms with Gasteiger partial charge in [-0.1, -0.05) is 32.6 Å². The van der Waals surface area contributed by atoms with Crippen molar-refractivity contribution in [2.75, 3.05) is 0 Å². The highest BCUT2D eigenvalue weighted by Gasteiger charge is 2.65. The molecule has 0 bridgehead atoms. The third-order valence-corrected chi connectivity index (χ3v) is 9.47. The summed E-state index contributed by atoms with van der Waals surface area (Å²) < 4.78 is 11.8. The van der Waals surface area contributed by atoms with Crippen LogP contribution in [-0.2, 0) is 19.1 Å². The molecule has 4 heteroatoms. The van der Waals surface area contributed by atoms with E-state index in [4.69, 9.17) is 22.3 Å². The van der Waals surface area contributed by atoms with Gasteiger partial charge in [0, 0.05) is 31.1 Å². The second kappa shape index (κ2) is 7.88. The summed E-state index contributed by atoms with van der Waals surface area (Å²) in [4.78, 5) is 24.3. The molecule has 4 fully saturated rings. The number of hydrogen-bond acceptors (Lipinski definition) is 4. The molecule has 168 valence electrons. The van der Waals surface area contributed by atoms with Crippen LogP contribution in [0.15, 0.2) is 0 Å². The van der Waals surface area contributed by atoms with Crippen LogP contribution in [0, 0.1) is 59.7 Å². The Balaban J connectivity index is 1.57. The van der Waals surface area contributed by atoms with E-state index in [0.717, 1.165) is 51.4 Å². The first-order chi connectivity index (χ1) is 14.8. The monoisotopic (exact) mass is 424 g/mol. The standard InChI is InChI=1S/C27H36O4/c1-6-23(28)30-26(8-3)16-18-10-11-20-19(21(18)17-26)12-14-25(5)22(20)13-15-27(25,9-4)31-24(29)7-2/h3-4,18-22H,6-7,10-17H2,1-2,5H3/t18-,19-,20+,21-,22-,25-,26-,27-/m0/s1. The van der Waals surface area contributed by atoms with E-state index in [0.29, 0.717) is 42.4 Å². The summed E-state index contributed by atoms with van der Waals surface area (Å²) in [6, 6.07) is 0. The van der Waals surface area contributed by atoms with Crippen LogP contribution in [0.5, 0.6) is 0 Å². The second-order valence-electron chi connectivity index (χ2n) is 10.6. The predicted octanol–water partition coefficient (Wildman–Crippen LogP) is 4.90. The molecule has 0 aromatic heterocycles. The number of fused-ring (bicyclic) bond motifs is 5. The summed E-state index contributed by atoms with van der Waals surface area (Å²) in [5, 5.41) is 0. The van der Waals surface area contributed by atoms with Crippen LogP contribution in [0.4, 0.5) is 0 Å². The highest BCUT2D eigenvalue weighted by Crippen LogP contribution is 2.67. The van der Waals surface area contributed by atoms with Gasteiger partial charge in [-0.15, -0.1) is 12.8 Å². The molecule has 0 radical (unpaired) electrons. The molecule has 0 unspecified atom stereocenters. The van der Waals surface area contributed by atoms with Gasteiger partial charge >= 0.3 is 11.9 Å².